The Bertz CT molecular complexity index is 499. The van der Waals surface area contributed by atoms with E-state index in [1.165, 1.54) is 21.0 Å². The number of benzene rings is 1. The van der Waals surface area contributed by atoms with Gasteiger partial charge in [-0.05, 0) is 32.0 Å². The van der Waals surface area contributed by atoms with E-state index in [9.17, 15) is 9.59 Å². The Morgan fingerprint density at radius 1 is 1.42 bits per heavy atom. The Morgan fingerprint density at radius 3 is 2.58 bits per heavy atom. The third kappa shape index (κ3) is 4.13. The number of carbonyl (C=O) groups is 2. The van der Waals surface area contributed by atoms with Gasteiger partial charge in [0, 0.05) is 11.4 Å². The highest BCUT2D eigenvalue weighted by Gasteiger charge is 2.30. The Hall–Kier alpha value is -1.75. The second-order valence-corrected chi connectivity index (χ2v) is 5.20. The number of ether oxygens (including phenoxy) is 1. The molecule has 1 aromatic carbocycles. The molecule has 0 bridgehead atoms. The summed E-state index contributed by atoms with van der Waals surface area (Å²) in [6.45, 7) is 2.98. The third-order valence-corrected chi connectivity index (χ3v) is 2.85. The number of halogens is 1. The minimum atomic E-state index is -1.13. The second kappa shape index (κ2) is 5.93. The highest BCUT2D eigenvalue weighted by molar-refractivity contribution is 6.31. The summed E-state index contributed by atoms with van der Waals surface area (Å²) < 4.78 is 5.09. The van der Waals surface area contributed by atoms with E-state index in [1.807, 2.05) is 0 Å². The average molecular weight is 286 g/mol. The lowest BCUT2D eigenvalue weighted by molar-refractivity contribution is -0.148. The topological polar surface area (TPSA) is 75.6 Å². The monoisotopic (exact) mass is 285 g/mol. The van der Waals surface area contributed by atoms with E-state index >= 15 is 0 Å². The molecule has 0 aliphatic rings. The van der Waals surface area contributed by atoms with Crippen LogP contribution in [0.25, 0.3) is 0 Å². The first-order valence-electron chi connectivity index (χ1n) is 5.63. The van der Waals surface area contributed by atoms with Crippen molar-refractivity contribution in [2.45, 2.75) is 20.3 Å². The molecule has 1 aromatic rings. The standard InChI is InChI=1S/C13H16ClNO4/c1-13(2,12(17)18)7-11(16)15-9-6-8(14)4-5-10(9)19-3/h4-6H,7H2,1-3H3,(H,15,16)(H,17,18). The first kappa shape index (κ1) is 15.3. The van der Waals surface area contributed by atoms with Gasteiger partial charge in [0.25, 0.3) is 0 Å². The van der Waals surface area contributed by atoms with Crippen LogP contribution in [0.1, 0.15) is 20.3 Å². The van der Waals surface area contributed by atoms with Crippen LogP contribution in [0.5, 0.6) is 5.75 Å². The molecule has 0 radical (unpaired) electrons. The maximum Gasteiger partial charge on any atom is 0.309 e. The van der Waals surface area contributed by atoms with Crippen molar-refractivity contribution in [2.75, 3.05) is 12.4 Å². The van der Waals surface area contributed by atoms with Crippen molar-refractivity contribution in [2.24, 2.45) is 5.41 Å². The molecule has 104 valence electrons. The Kier molecular flexibility index (Phi) is 4.78. The Labute approximate surface area is 116 Å². The molecule has 0 fully saturated rings. The molecule has 0 saturated carbocycles. The van der Waals surface area contributed by atoms with E-state index in [1.54, 1.807) is 18.2 Å². The minimum Gasteiger partial charge on any atom is -0.495 e. The third-order valence-electron chi connectivity index (χ3n) is 2.62. The number of aliphatic carboxylic acids is 1. The number of carboxylic acid groups (broad SMARTS) is 1. The molecular weight excluding hydrogens is 270 g/mol. The summed E-state index contributed by atoms with van der Waals surface area (Å²) >= 11 is 5.84. The summed E-state index contributed by atoms with van der Waals surface area (Å²) in [4.78, 5) is 22.8. The van der Waals surface area contributed by atoms with Gasteiger partial charge in [-0.1, -0.05) is 11.6 Å². The van der Waals surface area contributed by atoms with Crippen LogP contribution >= 0.6 is 11.6 Å². The maximum atomic E-state index is 11.8. The SMILES string of the molecule is COc1ccc(Cl)cc1NC(=O)CC(C)(C)C(=O)O. The first-order valence-corrected chi connectivity index (χ1v) is 6.01. The molecule has 5 nitrogen and oxygen atoms in total. The zero-order valence-electron chi connectivity index (χ0n) is 11.0. The molecule has 0 atom stereocenters. The van der Waals surface area contributed by atoms with E-state index in [4.69, 9.17) is 21.4 Å². The van der Waals surface area contributed by atoms with Crippen molar-refractivity contribution in [3.63, 3.8) is 0 Å². The van der Waals surface area contributed by atoms with E-state index in [0.717, 1.165) is 0 Å². The van der Waals surface area contributed by atoms with Crippen LogP contribution in [-0.2, 0) is 9.59 Å². The lowest BCUT2D eigenvalue weighted by Gasteiger charge is -2.18. The van der Waals surface area contributed by atoms with Crippen LogP contribution in [0.2, 0.25) is 5.02 Å². The quantitative estimate of drug-likeness (QED) is 0.872. The molecule has 6 heteroatoms. The summed E-state index contributed by atoms with van der Waals surface area (Å²) in [6.07, 6.45) is -0.141. The summed E-state index contributed by atoms with van der Waals surface area (Å²) in [5.41, 5.74) is -0.711. The first-order chi connectivity index (χ1) is 8.76. The Balaban J connectivity index is 2.83. The molecule has 0 aromatic heterocycles. The van der Waals surface area contributed by atoms with Crippen molar-refractivity contribution in [3.05, 3.63) is 23.2 Å². The zero-order chi connectivity index (χ0) is 14.6. The van der Waals surface area contributed by atoms with Crippen LogP contribution in [0.3, 0.4) is 0 Å². The van der Waals surface area contributed by atoms with E-state index in [0.29, 0.717) is 16.5 Å². The van der Waals surface area contributed by atoms with E-state index in [-0.39, 0.29) is 6.42 Å². The van der Waals surface area contributed by atoms with Gasteiger partial charge >= 0.3 is 5.97 Å². The number of nitrogens with one attached hydrogen (secondary N) is 1. The van der Waals surface area contributed by atoms with Crippen LogP contribution < -0.4 is 10.1 Å². The molecule has 0 spiro atoms. The number of hydrogen-bond donors (Lipinski definition) is 2. The molecule has 0 heterocycles. The fraction of sp³-hybridized carbons (Fsp3) is 0.385. The molecule has 19 heavy (non-hydrogen) atoms. The van der Waals surface area contributed by atoms with Crippen LogP contribution in [0.4, 0.5) is 5.69 Å². The highest BCUT2D eigenvalue weighted by Crippen LogP contribution is 2.29. The predicted molar refractivity (Wildman–Crippen MR) is 72.7 cm³/mol. The lowest BCUT2D eigenvalue weighted by Crippen LogP contribution is -2.29. The van der Waals surface area contributed by atoms with Crippen molar-refractivity contribution in [1.29, 1.82) is 0 Å². The molecule has 1 amide bonds. The molecule has 0 aliphatic carbocycles. The van der Waals surface area contributed by atoms with Gasteiger partial charge in [-0.15, -0.1) is 0 Å². The fourth-order valence-electron chi connectivity index (χ4n) is 1.45. The smallest absolute Gasteiger partial charge is 0.309 e. The number of hydrogen-bond acceptors (Lipinski definition) is 3. The number of carbonyl (C=O) groups excluding carboxylic acids is 1. The van der Waals surface area contributed by atoms with Gasteiger partial charge in [0.05, 0.1) is 18.2 Å². The normalized spacial score (nSPS) is 10.9. The van der Waals surface area contributed by atoms with Crippen LogP contribution in [-0.4, -0.2) is 24.1 Å². The van der Waals surface area contributed by atoms with Crippen molar-refractivity contribution in [3.8, 4) is 5.75 Å². The van der Waals surface area contributed by atoms with Crippen LogP contribution in [0.15, 0.2) is 18.2 Å². The fourth-order valence-corrected chi connectivity index (χ4v) is 1.62. The van der Waals surface area contributed by atoms with Gasteiger partial charge in [-0.25, -0.2) is 0 Å². The molecular formula is C13H16ClNO4. The molecule has 0 saturated heterocycles. The Morgan fingerprint density at radius 2 is 2.05 bits per heavy atom. The minimum absolute atomic E-state index is 0.141. The summed E-state index contributed by atoms with van der Waals surface area (Å²) in [7, 11) is 1.47. The van der Waals surface area contributed by atoms with Gasteiger partial charge in [0.2, 0.25) is 5.91 Å². The van der Waals surface area contributed by atoms with Gasteiger partial charge in [-0.3, -0.25) is 9.59 Å². The van der Waals surface area contributed by atoms with Gasteiger partial charge in [-0.2, -0.15) is 0 Å². The summed E-state index contributed by atoms with van der Waals surface area (Å²) in [5, 5.41) is 12.0. The predicted octanol–water partition coefficient (Wildman–Crippen LogP) is 2.79. The van der Waals surface area contributed by atoms with Gasteiger partial charge in [0.1, 0.15) is 5.75 Å². The second-order valence-electron chi connectivity index (χ2n) is 4.76. The van der Waals surface area contributed by atoms with Crippen molar-refractivity contribution >= 4 is 29.2 Å². The summed E-state index contributed by atoms with van der Waals surface area (Å²) in [6, 6.07) is 4.81. The lowest BCUT2D eigenvalue weighted by atomic mass is 9.89. The molecule has 0 unspecified atom stereocenters. The summed E-state index contributed by atoms with van der Waals surface area (Å²) in [5.74, 6) is -0.973. The van der Waals surface area contributed by atoms with Crippen LogP contribution in [0, 0.1) is 5.41 Å². The highest BCUT2D eigenvalue weighted by atomic mass is 35.5. The maximum absolute atomic E-state index is 11.8. The largest absolute Gasteiger partial charge is 0.495 e. The van der Waals surface area contributed by atoms with Gasteiger partial charge in [0.15, 0.2) is 0 Å². The number of rotatable bonds is 5. The van der Waals surface area contributed by atoms with Gasteiger partial charge < -0.3 is 15.2 Å². The van der Waals surface area contributed by atoms with E-state index < -0.39 is 17.3 Å². The molecule has 1 rings (SSSR count). The number of carboxylic acids is 1. The van der Waals surface area contributed by atoms with Crippen molar-refractivity contribution < 1.29 is 19.4 Å². The van der Waals surface area contributed by atoms with E-state index in [2.05, 4.69) is 5.32 Å². The molecule has 0 aliphatic heterocycles. The average Bonchev–Trinajstić information content (AvgIpc) is 2.28. The zero-order valence-corrected chi connectivity index (χ0v) is 11.7. The number of methoxy groups -OCH3 is 1. The number of amides is 1. The molecule has 2 N–H and O–H groups in total. The number of anilines is 1. The van der Waals surface area contributed by atoms with Crippen molar-refractivity contribution in [1.82, 2.24) is 0 Å².